The zero-order valence-corrected chi connectivity index (χ0v) is 19.3. The average molecular weight is 455 g/mol. The summed E-state index contributed by atoms with van der Waals surface area (Å²) in [6.45, 7) is 5.64. The lowest BCUT2D eigenvalue weighted by Gasteiger charge is -2.24. The first-order valence-corrected chi connectivity index (χ1v) is 11.9. The molecule has 8 heteroatoms. The highest BCUT2D eigenvalue weighted by molar-refractivity contribution is 7.98. The Morgan fingerprint density at radius 2 is 2.00 bits per heavy atom. The van der Waals surface area contributed by atoms with Crippen LogP contribution in [0, 0.1) is 6.92 Å². The van der Waals surface area contributed by atoms with E-state index in [1.54, 1.807) is 36.3 Å². The summed E-state index contributed by atoms with van der Waals surface area (Å²) in [5, 5.41) is 0. The first-order valence-electron chi connectivity index (χ1n) is 9.83. The van der Waals surface area contributed by atoms with Crippen LogP contribution in [-0.2, 0) is 9.53 Å². The van der Waals surface area contributed by atoms with Gasteiger partial charge in [-0.15, -0.1) is 11.8 Å². The number of hydrogen-bond acceptors (Lipinski definition) is 7. The number of carbonyl (C=O) groups excluding carboxylic acids is 1. The summed E-state index contributed by atoms with van der Waals surface area (Å²) >= 11 is 2.91. The molecule has 2 aromatic heterocycles. The minimum Gasteiger partial charge on any atom is -0.463 e. The van der Waals surface area contributed by atoms with Gasteiger partial charge in [-0.3, -0.25) is 9.36 Å². The highest BCUT2D eigenvalue weighted by Gasteiger charge is 2.33. The van der Waals surface area contributed by atoms with Gasteiger partial charge in [-0.25, -0.2) is 9.79 Å². The predicted molar refractivity (Wildman–Crippen MR) is 122 cm³/mol. The summed E-state index contributed by atoms with van der Waals surface area (Å²) in [7, 11) is 0. The van der Waals surface area contributed by atoms with E-state index in [2.05, 4.69) is 4.99 Å². The van der Waals surface area contributed by atoms with E-state index in [1.807, 2.05) is 49.6 Å². The van der Waals surface area contributed by atoms with Gasteiger partial charge >= 0.3 is 5.97 Å². The van der Waals surface area contributed by atoms with Crippen LogP contribution in [0.25, 0.3) is 6.08 Å². The number of fused-ring (bicyclic) bond motifs is 1. The fourth-order valence-electron chi connectivity index (χ4n) is 3.55. The van der Waals surface area contributed by atoms with Crippen molar-refractivity contribution in [1.29, 1.82) is 0 Å². The van der Waals surface area contributed by atoms with Gasteiger partial charge in [0.1, 0.15) is 11.5 Å². The van der Waals surface area contributed by atoms with Crippen LogP contribution in [0.2, 0.25) is 0 Å². The van der Waals surface area contributed by atoms with Crippen molar-refractivity contribution in [2.75, 3.05) is 12.9 Å². The Labute approximate surface area is 187 Å². The molecule has 3 aromatic rings. The maximum absolute atomic E-state index is 13.4. The minimum absolute atomic E-state index is 0.217. The third-order valence-electron chi connectivity index (χ3n) is 4.98. The number of aromatic nitrogens is 1. The molecule has 1 aromatic carbocycles. The van der Waals surface area contributed by atoms with Crippen molar-refractivity contribution in [3.8, 4) is 0 Å². The third kappa shape index (κ3) is 4.05. The maximum atomic E-state index is 13.4. The number of ether oxygens (including phenoxy) is 1. The molecule has 0 unspecified atom stereocenters. The summed E-state index contributed by atoms with van der Waals surface area (Å²) in [5.41, 5.74) is 1.55. The predicted octanol–water partition coefficient (Wildman–Crippen LogP) is 3.42. The summed E-state index contributed by atoms with van der Waals surface area (Å²) in [6, 6.07) is 10.9. The Morgan fingerprint density at radius 1 is 1.26 bits per heavy atom. The van der Waals surface area contributed by atoms with E-state index in [9.17, 15) is 9.59 Å². The topological polar surface area (TPSA) is 73.8 Å². The van der Waals surface area contributed by atoms with E-state index in [-0.39, 0.29) is 12.2 Å². The van der Waals surface area contributed by atoms with Crippen molar-refractivity contribution in [1.82, 2.24) is 4.57 Å². The van der Waals surface area contributed by atoms with Crippen molar-refractivity contribution in [2.24, 2.45) is 4.99 Å². The van der Waals surface area contributed by atoms with Crippen LogP contribution in [0.1, 0.15) is 37.0 Å². The molecule has 1 atom stereocenters. The highest BCUT2D eigenvalue weighted by atomic mass is 32.2. The Balaban J connectivity index is 1.94. The molecule has 0 aliphatic carbocycles. The van der Waals surface area contributed by atoms with Gasteiger partial charge in [-0.1, -0.05) is 23.5 Å². The molecule has 4 rings (SSSR count). The van der Waals surface area contributed by atoms with E-state index < -0.39 is 12.0 Å². The van der Waals surface area contributed by atoms with Crippen LogP contribution in [0.3, 0.4) is 0 Å². The molecule has 6 nitrogen and oxygen atoms in total. The standard InChI is InChI=1S/C23H22N2O4S2/c1-5-28-22(27)19-14(3)24-23-25(20(19)15-7-10-17(30-4)11-8-15)21(26)18(31-23)12-16-9-6-13(2)29-16/h6-12,20H,5H2,1-4H3/b18-12-/t20-/m1/s1. The molecule has 0 amide bonds. The van der Waals surface area contributed by atoms with Crippen molar-refractivity contribution >= 4 is 35.1 Å². The van der Waals surface area contributed by atoms with E-state index in [0.717, 1.165) is 16.2 Å². The van der Waals surface area contributed by atoms with Gasteiger partial charge in [0.25, 0.3) is 5.56 Å². The molecule has 0 saturated carbocycles. The maximum Gasteiger partial charge on any atom is 0.338 e. The van der Waals surface area contributed by atoms with Gasteiger partial charge in [0.05, 0.1) is 28.5 Å². The van der Waals surface area contributed by atoms with Crippen molar-refractivity contribution < 1.29 is 13.9 Å². The van der Waals surface area contributed by atoms with Gasteiger partial charge in [0, 0.05) is 11.0 Å². The first kappa shape index (κ1) is 21.4. The highest BCUT2D eigenvalue weighted by Crippen LogP contribution is 2.31. The fourth-order valence-corrected chi connectivity index (χ4v) is 4.99. The average Bonchev–Trinajstić information content (AvgIpc) is 3.30. The second-order valence-electron chi connectivity index (χ2n) is 7.02. The number of carbonyl (C=O) groups is 1. The summed E-state index contributed by atoms with van der Waals surface area (Å²) in [4.78, 5) is 32.5. The second kappa shape index (κ2) is 8.72. The fraction of sp³-hybridized carbons (Fsp3) is 0.261. The molecule has 160 valence electrons. The summed E-state index contributed by atoms with van der Waals surface area (Å²) in [6.07, 6.45) is 3.72. The molecule has 0 saturated heterocycles. The Bertz CT molecular complexity index is 1340. The largest absolute Gasteiger partial charge is 0.463 e. The van der Waals surface area contributed by atoms with E-state index in [4.69, 9.17) is 9.15 Å². The third-order valence-corrected chi connectivity index (χ3v) is 6.71. The molecule has 1 aliphatic rings. The molecule has 0 fully saturated rings. The number of thiazole rings is 1. The van der Waals surface area contributed by atoms with Crippen LogP contribution < -0.4 is 14.9 Å². The molecule has 31 heavy (non-hydrogen) atoms. The minimum atomic E-state index is -0.605. The van der Waals surface area contributed by atoms with Crippen LogP contribution in [0.5, 0.6) is 0 Å². The SMILES string of the molecule is CCOC(=O)C1=C(C)N=c2s/c(=C\c3ccc(C)o3)c(=O)n2[C@@H]1c1ccc(SC)cc1. The summed E-state index contributed by atoms with van der Waals surface area (Å²) in [5.74, 6) is 0.912. The monoisotopic (exact) mass is 454 g/mol. The normalized spacial score (nSPS) is 16.3. The number of allylic oxidation sites excluding steroid dienone is 1. The van der Waals surface area contributed by atoms with Crippen LogP contribution in [0.4, 0.5) is 0 Å². The Morgan fingerprint density at radius 3 is 2.61 bits per heavy atom. The van der Waals surface area contributed by atoms with Gasteiger partial charge < -0.3 is 9.15 Å². The molecular formula is C23H22N2O4S2. The molecule has 0 N–H and O–H groups in total. The lowest BCUT2D eigenvalue weighted by Crippen LogP contribution is -2.39. The number of esters is 1. The Kier molecular flexibility index (Phi) is 6.02. The number of thioether (sulfide) groups is 1. The van der Waals surface area contributed by atoms with Crippen LogP contribution in [-0.4, -0.2) is 23.4 Å². The van der Waals surface area contributed by atoms with Gasteiger partial charge in [0.15, 0.2) is 4.80 Å². The van der Waals surface area contributed by atoms with E-state index in [0.29, 0.717) is 26.4 Å². The number of benzene rings is 1. The number of rotatable bonds is 5. The zero-order chi connectivity index (χ0) is 22.1. The van der Waals surface area contributed by atoms with Gasteiger partial charge in [-0.05, 0) is 56.9 Å². The summed E-state index contributed by atoms with van der Waals surface area (Å²) < 4.78 is 13.0. The quantitative estimate of drug-likeness (QED) is 0.436. The smallest absolute Gasteiger partial charge is 0.338 e. The second-order valence-corrected chi connectivity index (χ2v) is 8.91. The van der Waals surface area contributed by atoms with Gasteiger partial charge in [0.2, 0.25) is 0 Å². The molecule has 0 spiro atoms. The molecule has 0 radical (unpaired) electrons. The van der Waals surface area contributed by atoms with Crippen molar-refractivity contribution in [3.05, 3.63) is 84.4 Å². The lowest BCUT2D eigenvalue weighted by atomic mass is 9.96. The molecule has 3 heterocycles. The van der Waals surface area contributed by atoms with Crippen molar-refractivity contribution in [3.63, 3.8) is 0 Å². The lowest BCUT2D eigenvalue weighted by molar-refractivity contribution is -0.139. The number of nitrogens with zero attached hydrogens (tertiary/aromatic N) is 2. The number of furan rings is 1. The van der Waals surface area contributed by atoms with E-state index >= 15 is 0 Å². The van der Waals surface area contributed by atoms with Gasteiger partial charge in [-0.2, -0.15) is 0 Å². The molecule has 1 aliphatic heterocycles. The van der Waals surface area contributed by atoms with E-state index in [1.165, 1.54) is 11.3 Å². The van der Waals surface area contributed by atoms with Crippen LogP contribution >= 0.6 is 23.1 Å². The number of hydrogen-bond donors (Lipinski definition) is 0. The molecular weight excluding hydrogens is 432 g/mol. The first-order chi connectivity index (χ1) is 14.9. The Hall–Kier alpha value is -2.84. The zero-order valence-electron chi connectivity index (χ0n) is 17.7. The number of aryl methyl sites for hydroxylation is 1. The molecule has 0 bridgehead atoms. The van der Waals surface area contributed by atoms with Crippen molar-refractivity contribution in [2.45, 2.75) is 31.7 Å². The van der Waals surface area contributed by atoms with Crippen LogP contribution in [0.15, 0.2) is 66.8 Å².